The van der Waals surface area contributed by atoms with Crippen LogP contribution in [-0.2, 0) is 4.79 Å². The Labute approximate surface area is 125 Å². The summed E-state index contributed by atoms with van der Waals surface area (Å²) in [5, 5.41) is 12.0. The number of nitrogens with zero attached hydrogens (tertiary/aromatic N) is 1. The zero-order valence-corrected chi connectivity index (χ0v) is 11.5. The molecule has 0 saturated carbocycles. The van der Waals surface area contributed by atoms with Crippen LogP contribution in [0.4, 0.5) is 5.69 Å². The molecular formula is C15H10ClN3O2. The summed E-state index contributed by atoms with van der Waals surface area (Å²) in [5.74, 6) is 0.471. The molecule has 0 aliphatic carbocycles. The SMILES string of the molecule is N#Cc1ccccc1Oc1cc2c(cc1Cl)C(N)C(=O)N2. The van der Waals surface area contributed by atoms with E-state index in [2.05, 4.69) is 5.32 Å². The van der Waals surface area contributed by atoms with E-state index in [4.69, 9.17) is 27.3 Å². The summed E-state index contributed by atoms with van der Waals surface area (Å²) in [6.45, 7) is 0. The highest BCUT2D eigenvalue weighted by Crippen LogP contribution is 2.39. The van der Waals surface area contributed by atoms with Crippen molar-refractivity contribution in [1.29, 1.82) is 5.26 Å². The number of benzene rings is 2. The minimum atomic E-state index is -0.724. The molecule has 0 spiro atoms. The molecule has 1 atom stereocenters. The standard InChI is InChI=1S/C15H10ClN3O2/c16-10-5-9-11(19-15(20)14(9)18)6-13(10)21-12-4-2-1-3-8(12)7-17/h1-6,14H,18H2,(H,19,20). The predicted molar refractivity (Wildman–Crippen MR) is 78.2 cm³/mol. The van der Waals surface area contributed by atoms with Gasteiger partial charge in [-0.3, -0.25) is 4.79 Å². The fraction of sp³-hybridized carbons (Fsp3) is 0.0667. The molecule has 5 nitrogen and oxygen atoms in total. The van der Waals surface area contributed by atoms with Gasteiger partial charge >= 0.3 is 0 Å². The van der Waals surface area contributed by atoms with Crippen LogP contribution in [0.3, 0.4) is 0 Å². The molecule has 104 valence electrons. The van der Waals surface area contributed by atoms with Gasteiger partial charge in [-0.05, 0) is 18.2 Å². The number of nitriles is 1. The number of hydrogen-bond acceptors (Lipinski definition) is 4. The van der Waals surface area contributed by atoms with Gasteiger partial charge in [0.25, 0.3) is 0 Å². The number of anilines is 1. The molecule has 2 aromatic carbocycles. The number of rotatable bonds is 2. The summed E-state index contributed by atoms with van der Waals surface area (Å²) in [5.41, 5.74) is 7.35. The van der Waals surface area contributed by atoms with E-state index in [0.717, 1.165) is 0 Å². The normalized spacial score (nSPS) is 16.0. The van der Waals surface area contributed by atoms with E-state index in [1.807, 2.05) is 6.07 Å². The van der Waals surface area contributed by atoms with Gasteiger partial charge < -0.3 is 15.8 Å². The van der Waals surface area contributed by atoms with Crippen molar-refractivity contribution in [2.24, 2.45) is 5.73 Å². The van der Waals surface area contributed by atoms with E-state index in [-0.39, 0.29) is 5.91 Å². The third-order valence-electron chi connectivity index (χ3n) is 3.21. The van der Waals surface area contributed by atoms with Crippen molar-refractivity contribution in [1.82, 2.24) is 0 Å². The lowest BCUT2D eigenvalue weighted by Crippen LogP contribution is -2.19. The number of nitrogens with one attached hydrogen (secondary N) is 1. The van der Waals surface area contributed by atoms with Crippen LogP contribution in [0, 0.1) is 11.3 Å². The second kappa shape index (κ2) is 5.09. The van der Waals surface area contributed by atoms with Gasteiger partial charge in [-0.1, -0.05) is 23.7 Å². The lowest BCUT2D eigenvalue weighted by Gasteiger charge is -2.11. The molecule has 3 rings (SSSR count). The van der Waals surface area contributed by atoms with Crippen molar-refractivity contribution in [3.8, 4) is 17.6 Å². The van der Waals surface area contributed by atoms with Crippen molar-refractivity contribution >= 4 is 23.2 Å². The van der Waals surface area contributed by atoms with E-state index < -0.39 is 6.04 Å². The summed E-state index contributed by atoms with van der Waals surface area (Å²) >= 11 is 6.16. The Hall–Kier alpha value is -2.55. The molecule has 1 aliphatic heterocycles. The summed E-state index contributed by atoms with van der Waals surface area (Å²) < 4.78 is 5.68. The molecule has 21 heavy (non-hydrogen) atoms. The predicted octanol–water partition coefficient (Wildman–Crippen LogP) is 2.96. The van der Waals surface area contributed by atoms with Gasteiger partial charge in [0.05, 0.1) is 10.6 Å². The first-order valence-corrected chi connectivity index (χ1v) is 6.55. The molecule has 2 aromatic rings. The molecule has 1 unspecified atom stereocenters. The van der Waals surface area contributed by atoms with Crippen molar-refractivity contribution in [3.05, 3.63) is 52.5 Å². The topological polar surface area (TPSA) is 88.1 Å². The fourth-order valence-electron chi connectivity index (χ4n) is 2.13. The summed E-state index contributed by atoms with van der Waals surface area (Å²) in [4.78, 5) is 11.5. The van der Waals surface area contributed by atoms with E-state index in [9.17, 15) is 4.79 Å². The van der Waals surface area contributed by atoms with E-state index >= 15 is 0 Å². The summed E-state index contributed by atoms with van der Waals surface area (Å²) in [6.07, 6.45) is 0. The molecule has 0 aromatic heterocycles. The smallest absolute Gasteiger partial charge is 0.245 e. The van der Waals surface area contributed by atoms with Gasteiger partial charge in [0, 0.05) is 17.3 Å². The Morgan fingerprint density at radius 2 is 2.05 bits per heavy atom. The second-order valence-electron chi connectivity index (χ2n) is 4.55. The Balaban J connectivity index is 2.00. The number of fused-ring (bicyclic) bond motifs is 1. The maximum atomic E-state index is 11.5. The van der Waals surface area contributed by atoms with Gasteiger partial charge in [-0.2, -0.15) is 5.26 Å². The first-order valence-electron chi connectivity index (χ1n) is 6.17. The number of carbonyl (C=O) groups is 1. The summed E-state index contributed by atoms with van der Waals surface area (Å²) in [7, 11) is 0. The van der Waals surface area contributed by atoms with Gasteiger partial charge in [0.1, 0.15) is 23.6 Å². The van der Waals surface area contributed by atoms with E-state index in [0.29, 0.717) is 33.3 Å². The van der Waals surface area contributed by atoms with Crippen molar-refractivity contribution in [2.75, 3.05) is 5.32 Å². The average molecular weight is 300 g/mol. The molecule has 6 heteroatoms. The zero-order chi connectivity index (χ0) is 15.0. The van der Waals surface area contributed by atoms with Crippen LogP contribution in [0.25, 0.3) is 0 Å². The Morgan fingerprint density at radius 3 is 2.81 bits per heavy atom. The highest BCUT2D eigenvalue weighted by molar-refractivity contribution is 6.32. The summed E-state index contributed by atoms with van der Waals surface area (Å²) in [6, 6.07) is 11.4. The van der Waals surface area contributed by atoms with Crippen molar-refractivity contribution in [3.63, 3.8) is 0 Å². The number of ether oxygens (including phenoxy) is 1. The molecule has 1 heterocycles. The van der Waals surface area contributed by atoms with Crippen LogP contribution in [0.1, 0.15) is 17.2 Å². The number of halogens is 1. The Morgan fingerprint density at radius 1 is 1.29 bits per heavy atom. The van der Waals surface area contributed by atoms with Gasteiger partial charge in [-0.25, -0.2) is 0 Å². The van der Waals surface area contributed by atoms with Gasteiger partial charge in [-0.15, -0.1) is 0 Å². The zero-order valence-electron chi connectivity index (χ0n) is 10.8. The van der Waals surface area contributed by atoms with Crippen LogP contribution in [0.5, 0.6) is 11.5 Å². The molecule has 0 bridgehead atoms. The molecule has 0 saturated heterocycles. The minimum absolute atomic E-state index is 0.282. The Bertz CT molecular complexity index is 783. The first kappa shape index (κ1) is 13.4. The van der Waals surface area contributed by atoms with E-state index in [1.165, 1.54) is 0 Å². The largest absolute Gasteiger partial charge is 0.454 e. The first-order chi connectivity index (χ1) is 10.1. The van der Waals surface area contributed by atoms with E-state index in [1.54, 1.807) is 36.4 Å². The number of para-hydroxylation sites is 1. The molecule has 3 N–H and O–H groups in total. The van der Waals surface area contributed by atoms with Crippen LogP contribution in [0.2, 0.25) is 5.02 Å². The number of nitrogens with two attached hydrogens (primary N) is 1. The lowest BCUT2D eigenvalue weighted by molar-refractivity contribution is -0.116. The second-order valence-corrected chi connectivity index (χ2v) is 4.95. The molecule has 1 amide bonds. The number of hydrogen-bond donors (Lipinski definition) is 2. The number of amides is 1. The lowest BCUT2D eigenvalue weighted by atomic mass is 10.1. The Kier molecular flexibility index (Phi) is 3.26. The third-order valence-corrected chi connectivity index (χ3v) is 3.50. The fourth-order valence-corrected chi connectivity index (χ4v) is 2.34. The molecule has 0 radical (unpaired) electrons. The van der Waals surface area contributed by atoms with Gasteiger partial charge in [0.15, 0.2) is 0 Å². The highest BCUT2D eigenvalue weighted by Gasteiger charge is 2.28. The van der Waals surface area contributed by atoms with Crippen LogP contribution in [-0.4, -0.2) is 5.91 Å². The van der Waals surface area contributed by atoms with Crippen molar-refractivity contribution < 1.29 is 9.53 Å². The molecule has 0 fully saturated rings. The maximum absolute atomic E-state index is 11.5. The quantitative estimate of drug-likeness (QED) is 0.892. The van der Waals surface area contributed by atoms with Crippen LogP contribution < -0.4 is 15.8 Å². The highest BCUT2D eigenvalue weighted by atomic mass is 35.5. The molecule has 1 aliphatic rings. The average Bonchev–Trinajstić information content (AvgIpc) is 2.75. The monoisotopic (exact) mass is 299 g/mol. The van der Waals surface area contributed by atoms with Gasteiger partial charge in [0.2, 0.25) is 5.91 Å². The maximum Gasteiger partial charge on any atom is 0.245 e. The van der Waals surface area contributed by atoms with Crippen LogP contribution >= 0.6 is 11.6 Å². The third kappa shape index (κ3) is 2.31. The molecular weight excluding hydrogens is 290 g/mol. The number of carbonyl (C=O) groups excluding carboxylic acids is 1. The minimum Gasteiger partial charge on any atom is -0.454 e. The van der Waals surface area contributed by atoms with Crippen LogP contribution in [0.15, 0.2) is 36.4 Å². The van der Waals surface area contributed by atoms with Crippen molar-refractivity contribution in [2.45, 2.75) is 6.04 Å².